The van der Waals surface area contributed by atoms with Crippen molar-refractivity contribution in [3.8, 4) is 33.8 Å². The molecule has 0 amide bonds. The minimum absolute atomic E-state index is 0.304. The van der Waals surface area contributed by atoms with Crippen molar-refractivity contribution in [3.63, 3.8) is 0 Å². The predicted molar refractivity (Wildman–Crippen MR) is 94.0 cm³/mol. The number of pyridine rings is 1. The van der Waals surface area contributed by atoms with Gasteiger partial charge >= 0.3 is 0 Å². The summed E-state index contributed by atoms with van der Waals surface area (Å²) in [6.07, 6.45) is 0. The Kier molecular flexibility index (Phi) is 3.52. The maximum absolute atomic E-state index is 9.52. The minimum Gasteiger partial charge on any atom is -0.480 e. The summed E-state index contributed by atoms with van der Waals surface area (Å²) in [6.45, 7) is 0. The number of benzene rings is 1. The van der Waals surface area contributed by atoms with Crippen molar-refractivity contribution in [3.05, 3.63) is 59.5 Å². The van der Waals surface area contributed by atoms with Crippen molar-refractivity contribution in [1.82, 2.24) is 4.98 Å². The Hall–Kier alpha value is -3.10. The molecule has 0 spiro atoms. The van der Waals surface area contributed by atoms with Gasteiger partial charge in [0.1, 0.15) is 22.9 Å². The number of nitriles is 1. The second kappa shape index (κ2) is 5.84. The normalized spacial score (nSPS) is 10.7. The molecule has 0 fully saturated rings. The van der Waals surface area contributed by atoms with Crippen molar-refractivity contribution in [2.75, 3.05) is 7.11 Å². The lowest BCUT2D eigenvalue weighted by molar-refractivity contribution is 0.397. The van der Waals surface area contributed by atoms with Crippen molar-refractivity contribution in [2.24, 2.45) is 0 Å². The molecule has 0 radical (unpaired) electrons. The van der Waals surface area contributed by atoms with E-state index >= 15 is 0 Å². The van der Waals surface area contributed by atoms with Crippen molar-refractivity contribution < 1.29 is 9.15 Å². The number of methoxy groups -OCH3 is 1. The Balaban J connectivity index is 1.96. The molecule has 0 aliphatic rings. The van der Waals surface area contributed by atoms with Crippen LogP contribution in [-0.4, -0.2) is 12.1 Å². The third-order valence-corrected chi connectivity index (χ3v) is 4.66. The number of ether oxygens (including phenoxy) is 1. The Bertz CT molecular complexity index is 1030. The maximum Gasteiger partial charge on any atom is 0.232 e. The first-order valence-electron chi connectivity index (χ1n) is 7.32. The molecule has 3 aromatic heterocycles. The standard InChI is InChI=1S/C19H12N2O2S/c1-22-19-14(11-20)13(18-7-4-8-24-18)10-15(21-19)17-9-12-5-2-3-6-16(12)23-17/h2-10H,1H3. The molecule has 0 saturated carbocycles. The summed E-state index contributed by atoms with van der Waals surface area (Å²) in [6, 6.07) is 17.8. The molecule has 4 aromatic rings. The molecular formula is C19H12N2O2S. The summed E-state index contributed by atoms with van der Waals surface area (Å²) in [5.41, 5.74) is 2.68. The van der Waals surface area contributed by atoms with E-state index in [2.05, 4.69) is 11.1 Å². The van der Waals surface area contributed by atoms with E-state index in [4.69, 9.17) is 9.15 Å². The number of nitrogens with zero attached hydrogens (tertiary/aromatic N) is 2. The second-order valence-electron chi connectivity index (χ2n) is 5.18. The lowest BCUT2D eigenvalue weighted by Crippen LogP contribution is -1.96. The number of rotatable bonds is 3. The average molecular weight is 332 g/mol. The van der Waals surface area contributed by atoms with E-state index in [1.807, 2.05) is 53.9 Å². The van der Waals surface area contributed by atoms with Crippen LogP contribution in [0.4, 0.5) is 0 Å². The fourth-order valence-corrected chi connectivity index (χ4v) is 3.39. The average Bonchev–Trinajstić information content (AvgIpc) is 3.29. The molecule has 4 nitrogen and oxygen atoms in total. The first-order chi connectivity index (χ1) is 11.8. The van der Waals surface area contributed by atoms with Crippen LogP contribution in [0.15, 0.2) is 58.3 Å². The molecule has 0 unspecified atom stereocenters. The molecule has 3 heterocycles. The number of hydrogen-bond acceptors (Lipinski definition) is 5. The van der Waals surface area contributed by atoms with Crippen molar-refractivity contribution in [2.45, 2.75) is 0 Å². The number of aromatic nitrogens is 1. The van der Waals surface area contributed by atoms with Crippen LogP contribution < -0.4 is 4.74 Å². The first kappa shape index (κ1) is 14.5. The summed E-state index contributed by atoms with van der Waals surface area (Å²) in [7, 11) is 1.52. The van der Waals surface area contributed by atoms with Gasteiger partial charge in [0.25, 0.3) is 0 Å². The first-order valence-corrected chi connectivity index (χ1v) is 8.20. The lowest BCUT2D eigenvalue weighted by atomic mass is 10.1. The SMILES string of the molecule is COc1nc(-c2cc3ccccc3o2)cc(-c2cccs2)c1C#N. The Morgan fingerprint density at radius 3 is 2.75 bits per heavy atom. The number of furan rings is 1. The van der Waals surface area contributed by atoms with Gasteiger partial charge in [-0.3, -0.25) is 0 Å². The molecule has 0 aliphatic heterocycles. The lowest BCUT2D eigenvalue weighted by Gasteiger charge is -2.08. The van der Waals surface area contributed by atoms with Gasteiger partial charge in [0.15, 0.2) is 5.76 Å². The third-order valence-electron chi connectivity index (χ3n) is 3.76. The zero-order valence-corrected chi connectivity index (χ0v) is 13.6. The van der Waals surface area contributed by atoms with Gasteiger partial charge in [-0.05, 0) is 29.6 Å². The topological polar surface area (TPSA) is 59.1 Å². The fourth-order valence-electron chi connectivity index (χ4n) is 2.64. The maximum atomic E-state index is 9.52. The van der Waals surface area contributed by atoms with Crippen LogP contribution in [0.3, 0.4) is 0 Å². The Morgan fingerprint density at radius 2 is 2.04 bits per heavy atom. The highest BCUT2D eigenvalue weighted by Gasteiger charge is 2.18. The van der Waals surface area contributed by atoms with E-state index in [0.29, 0.717) is 22.9 Å². The summed E-state index contributed by atoms with van der Waals surface area (Å²) >= 11 is 1.57. The van der Waals surface area contributed by atoms with E-state index in [9.17, 15) is 5.26 Å². The molecule has 24 heavy (non-hydrogen) atoms. The van der Waals surface area contributed by atoms with Crippen LogP contribution >= 0.6 is 11.3 Å². The van der Waals surface area contributed by atoms with Crippen LogP contribution in [0.5, 0.6) is 5.88 Å². The molecule has 0 atom stereocenters. The van der Waals surface area contributed by atoms with Crippen molar-refractivity contribution >= 4 is 22.3 Å². The van der Waals surface area contributed by atoms with Gasteiger partial charge in [-0.1, -0.05) is 24.3 Å². The van der Waals surface area contributed by atoms with Gasteiger partial charge in [0, 0.05) is 15.8 Å². The third kappa shape index (κ3) is 2.34. The van der Waals surface area contributed by atoms with Gasteiger partial charge in [-0.2, -0.15) is 5.26 Å². The highest BCUT2D eigenvalue weighted by Crippen LogP contribution is 2.36. The van der Waals surface area contributed by atoms with Crippen LogP contribution in [0, 0.1) is 11.3 Å². The van der Waals surface area contributed by atoms with Crippen LogP contribution in [0.2, 0.25) is 0 Å². The number of fused-ring (bicyclic) bond motifs is 1. The van der Waals surface area contributed by atoms with Gasteiger partial charge in [-0.15, -0.1) is 11.3 Å². The number of thiophene rings is 1. The molecule has 0 N–H and O–H groups in total. The Morgan fingerprint density at radius 1 is 1.17 bits per heavy atom. The number of hydrogen-bond donors (Lipinski definition) is 0. The second-order valence-corrected chi connectivity index (χ2v) is 6.12. The zero-order chi connectivity index (χ0) is 16.5. The largest absolute Gasteiger partial charge is 0.480 e. The molecule has 4 rings (SSSR count). The van der Waals surface area contributed by atoms with E-state index in [1.165, 1.54) is 7.11 Å². The van der Waals surface area contributed by atoms with E-state index in [0.717, 1.165) is 21.4 Å². The molecule has 116 valence electrons. The smallest absolute Gasteiger partial charge is 0.232 e. The Labute approximate surface area is 142 Å². The molecule has 0 bridgehead atoms. The quantitative estimate of drug-likeness (QED) is 0.523. The summed E-state index contributed by atoms with van der Waals surface area (Å²) in [5.74, 6) is 0.954. The fraction of sp³-hybridized carbons (Fsp3) is 0.0526. The van der Waals surface area contributed by atoms with E-state index < -0.39 is 0 Å². The van der Waals surface area contributed by atoms with E-state index in [-0.39, 0.29) is 0 Å². The van der Waals surface area contributed by atoms with Crippen LogP contribution in [0.1, 0.15) is 5.56 Å². The monoisotopic (exact) mass is 332 g/mol. The number of para-hydroxylation sites is 1. The van der Waals surface area contributed by atoms with Crippen LogP contribution in [-0.2, 0) is 0 Å². The molecule has 1 aromatic carbocycles. The zero-order valence-electron chi connectivity index (χ0n) is 12.8. The highest BCUT2D eigenvalue weighted by atomic mass is 32.1. The van der Waals surface area contributed by atoms with Gasteiger partial charge in [-0.25, -0.2) is 4.98 Å². The minimum atomic E-state index is 0.304. The molecule has 5 heteroatoms. The van der Waals surface area contributed by atoms with Gasteiger partial charge < -0.3 is 9.15 Å². The summed E-state index contributed by atoms with van der Waals surface area (Å²) in [5, 5.41) is 12.5. The molecule has 0 aliphatic carbocycles. The summed E-state index contributed by atoms with van der Waals surface area (Å²) < 4.78 is 11.2. The van der Waals surface area contributed by atoms with Gasteiger partial charge in [0.2, 0.25) is 5.88 Å². The van der Waals surface area contributed by atoms with E-state index in [1.54, 1.807) is 11.3 Å². The summed E-state index contributed by atoms with van der Waals surface area (Å²) in [4.78, 5) is 5.45. The van der Waals surface area contributed by atoms with Crippen LogP contribution in [0.25, 0.3) is 32.9 Å². The van der Waals surface area contributed by atoms with Crippen molar-refractivity contribution in [1.29, 1.82) is 5.26 Å². The molecular weight excluding hydrogens is 320 g/mol. The highest BCUT2D eigenvalue weighted by molar-refractivity contribution is 7.13. The van der Waals surface area contributed by atoms with Gasteiger partial charge in [0.05, 0.1) is 7.11 Å². The molecule has 0 saturated heterocycles. The predicted octanol–water partition coefficient (Wildman–Crippen LogP) is 5.10.